The summed E-state index contributed by atoms with van der Waals surface area (Å²) in [7, 11) is 2.03. The fraction of sp³-hybridized carbons (Fsp3) is 0.556. The summed E-state index contributed by atoms with van der Waals surface area (Å²) < 4.78 is 2.10. The Morgan fingerprint density at radius 2 is 2.08 bits per heavy atom. The van der Waals surface area contributed by atoms with Crippen molar-refractivity contribution in [1.29, 1.82) is 0 Å². The van der Waals surface area contributed by atoms with Gasteiger partial charge in [-0.1, -0.05) is 12.1 Å². The molecule has 1 fully saturated rings. The highest BCUT2D eigenvalue weighted by Crippen LogP contribution is 2.14. The van der Waals surface area contributed by atoms with Crippen molar-refractivity contribution < 1.29 is 4.79 Å². The van der Waals surface area contributed by atoms with Gasteiger partial charge >= 0.3 is 0 Å². The number of nitrogens with zero attached hydrogens (tertiary/aromatic N) is 3. The van der Waals surface area contributed by atoms with Gasteiger partial charge < -0.3 is 14.8 Å². The minimum absolute atomic E-state index is 0.125. The van der Waals surface area contributed by atoms with E-state index < -0.39 is 0 Å². The molecule has 130 valence electrons. The summed E-state index contributed by atoms with van der Waals surface area (Å²) in [5, 5.41) is 3.00. The zero-order chi connectivity index (χ0) is 16.8. The van der Waals surface area contributed by atoms with Crippen LogP contribution in [0.2, 0.25) is 0 Å². The minimum atomic E-state index is 0.125. The van der Waals surface area contributed by atoms with Gasteiger partial charge in [0, 0.05) is 32.3 Å². The van der Waals surface area contributed by atoms with Crippen LogP contribution in [0.3, 0.4) is 0 Å². The van der Waals surface area contributed by atoms with E-state index in [1.54, 1.807) is 11.8 Å². The standard InChI is InChI=1S/C18H26N4OS/c1-21-16-7-3-2-6-15(16)20-17(21)8-9-19-18(23)14-24-13-12-22-10-4-5-11-22/h2-3,6-7H,4-5,8-14H2,1H3,(H,19,23). The van der Waals surface area contributed by atoms with E-state index >= 15 is 0 Å². The number of imidazole rings is 1. The number of thioether (sulfide) groups is 1. The molecule has 1 amide bonds. The molecule has 0 bridgehead atoms. The summed E-state index contributed by atoms with van der Waals surface area (Å²) in [6, 6.07) is 8.12. The molecule has 1 aliphatic heterocycles. The number of likely N-dealkylation sites (tertiary alicyclic amines) is 1. The fourth-order valence-corrected chi connectivity index (χ4v) is 3.97. The summed E-state index contributed by atoms with van der Waals surface area (Å²) in [6.45, 7) is 4.20. The maximum Gasteiger partial charge on any atom is 0.230 e. The SMILES string of the molecule is Cn1c(CCNC(=O)CSCCN2CCCC2)nc2ccccc21. The highest BCUT2D eigenvalue weighted by molar-refractivity contribution is 7.99. The van der Waals surface area contributed by atoms with Crippen molar-refractivity contribution in [3.8, 4) is 0 Å². The normalized spacial score (nSPS) is 15.2. The molecule has 1 aromatic carbocycles. The van der Waals surface area contributed by atoms with Gasteiger partial charge in [-0.25, -0.2) is 4.98 Å². The Labute approximate surface area is 147 Å². The van der Waals surface area contributed by atoms with E-state index in [-0.39, 0.29) is 5.91 Å². The number of rotatable bonds is 8. The fourth-order valence-electron chi connectivity index (χ4n) is 3.15. The first-order valence-corrected chi connectivity index (χ1v) is 9.86. The summed E-state index contributed by atoms with van der Waals surface area (Å²) in [5.74, 6) is 2.73. The van der Waals surface area contributed by atoms with Crippen LogP contribution in [-0.4, -0.2) is 58.0 Å². The number of carbonyl (C=O) groups excluding carboxylic acids is 1. The lowest BCUT2D eigenvalue weighted by atomic mass is 10.3. The largest absolute Gasteiger partial charge is 0.355 e. The highest BCUT2D eigenvalue weighted by atomic mass is 32.2. The molecule has 6 heteroatoms. The molecule has 5 nitrogen and oxygen atoms in total. The number of benzene rings is 1. The first kappa shape index (κ1) is 17.3. The van der Waals surface area contributed by atoms with E-state index in [1.807, 2.05) is 25.2 Å². The molecule has 3 rings (SSSR count). The van der Waals surface area contributed by atoms with Gasteiger partial charge in [-0.2, -0.15) is 11.8 Å². The maximum absolute atomic E-state index is 11.9. The first-order chi connectivity index (χ1) is 11.7. The monoisotopic (exact) mass is 346 g/mol. The van der Waals surface area contributed by atoms with Gasteiger partial charge in [-0.05, 0) is 38.1 Å². The van der Waals surface area contributed by atoms with Crippen molar-refractivity contribution in [2.24, 2.45) is 7.05 Å². The van der Waals surface area contributed by atoms with E-state index in [0.29, 0.717) is 12.3 Å². The third kappa shape index (κ3) is 4.51. The zero-order valence-electron chi connectivity index (χ0n) is 14.3. The number of hydrogen-bond donors (Lipinski definition) is 1. The topological polar surface area (TPSA) is 50.2 Å². The molecule has 0 saturated carbocycles. The van der Waals surface area contributed by atoms with Gasteiger partial charge in [0.25, 0.3) is 0 Å². The average molecular weight is 346 g/mol. The van der Waals surface area contributed by atoms with Gasteiger partial charge in [0.2, 0.25) is 5.91 Å². The molecule has 0 spiro atoms. The van der Waals surface area contributed by atoms with E-state index in [1.165, 1.54) is 25.9 Å². The van der Waals surface area contributed by atoms with Crippen molar-refractivity contribution in [3.05, 3.63) is 30.1 Å². The summed E-state index contributed by atoms with van der Waals surface area (Å²) in [4.78, 5) is 19.0. The molecule has 1 aliphatic rings. The van der Waals surface area contributed by atoms with Crippen molar-refractivity contribution in [2.75, 3.05) is 37.7 Å². The molecule has 0 radical (unpaired) electrons. The van der Waals surface area contributed by atoms with Gasteiger partial charge in [0.15, 0.2) is 0 Å². The second-order valence-corrected chi connectivity index (χ2v) is 7.38. The third-order valence-electron chi connectivity index (χ3n) is 4.53. The predicted molar refractivity (Wildman–Crippen MR) is 100 cm³/mol. The summed E-state index contributed by atoms with van der Waals surface area (Å²) in [5.41, 5.74) is 2.15. The Bertz CT molecular complexity index is 679. The average Bonchev–Trinajstić information content (AvgIpc) is 3.21. The van der Waals surface area contributed by atoms with E-state index in [2.05, 4.69) is 25.8 Å². The van der Waals surface area contributed by atoms with Crippen LogP contribution < -0.4 is 5.32 Å². The molecule has 2 heterocycles. The van der Waals surface area contributed by atoms with Crippen LogP contribution in [0, 0.1) is 0 Å². The van der Waals surface area contributed by atoms with Crippen molar-refractivity contribution in [2.45, 2.75) is 19.3 Å². The lowest BCUT2D eigenvalue weighted by molar-refractivity contribution is -0.118. The molecule has 1 aromatic heterocycles. The first-order valence-electron chi connectivity index (χ1n) is 8.71. The second-order valence-electron chi connectivity index (χ2n) is 6.28. The molecular weight excluding hydrogens is 320 g/mol. The summed E-state index contributed by atoms with van der Waals surface area (Å²) >= 11 is 1.73. The van der Waals surface area contributed by atoms with Crippen molar-refractivity contribution in [1.82, 2.24) is 19.8 Å². The number of nitrogens with one attached hydrogen (secondary N) is 1. The van der Waals surface area contributed by atoms with Crippen molar-refractivity contribution >= 4 is 28.7 Å². The number of hydrogen-bond acceptors (Lipinski definition) is 4. The Kier molecular flexibility index (Phi) is 6.15. The quantitative estimate of drug-likeness (QED) is 0.744. The van der Waals surface area contributed by atoms with E-state index in [0.717, 1.165) is 35.6 Å². The van der Waals surface area contributed by atoms with E-state index in [9.17, 15) is 4.79 Å². The van der Waals surface area contributed by atoms with Gasteiger partial charge in [-0.15, -0.1) is 0 Å². The number of aromatic nitrogens is 2. The van der Waals surface area contributed by atoms with Crippen LogP contribution in [0.15, 0.2) is 24.3 Å². The van der Waals surface area contributed by atoms with Crippen LogP contribution >= 0.6 is 11.8 Å². The van der Waals surface area contributed by atoms with Gasteiger partial charge in [-0.3, -0.25) is 4.79 Å². The van der Waals surface area contributed by atoms with Crippen LogP contribution in [-0.2, 0) is 18.3 Å². The lowest BCUT2D eigenvalue weighted by Crippen LogP contribution is -2.28. The molecule has 0 aliphatic carbocycles. The van der Waals surface area contributed by atoms with Crippen LogP contribution in [0.4, 0.5) is 0 Å². The number of amides is 1. The highest BCUT2D eigenvalue weighted by Gasteiger charge is 2.11. The van der Waals surface area contributed by atoms with Crippen LogP contribution in [0.1, 0.15) is 18.7 Å². The summed E-state index contributed by atoms with van der Waals surface area (Å²) in [6.07, 6.45) is 3.41. The Morgan fingerprint density at radius 3 is 2.88 bits per heavy atom. The smallest absolute Gasteiger partial charge is 0.230 e. The van der Waals surface area contributed by atoms with Gasteiger partial charge in [0.05, 0.1) is 16.8 Å². The molecule has 0 atom stereocenters. The second kappa shape index (κ2) is 8.53. The maximum atomic E-state index is 11.9. The molecule has 1 saturated heterocycles. The number of carbonyl (C=O) groups is 1. The minimum Gasteiger partial charge on any atom is -0.355 e. The number of fused-ring (bicyclic) bond motifs is 1. The molecule has 24 heavy (non-hydrogen) atoms. The number of aryl methyl sites for hydroxylation is 1. The third-order valence-corrected chi connectivity index (χ3v) is 5.47. The Hall–Kier alpha value is -1.53. The lowest BCUT2D eigenvalue weighted by Gasteiger charge is -2.13. The number of para-hydroxylation sites is 2. The van der Waals surface area contributed by atoms with Crippen molar-refractivity contribution in [3.63, 3.8) is 0 Å². The van der Waals surface area contributed by atoms with E-state index in [4.69, 9.17) is 0 Å². The Balaban J connectivity index is 1.34. The molecular formula is C18H26N4OS. The zero-order valence-corrected chi connectivity index (χ0v) is 15.1. The Morgan fingerprint density at radius 1 is 1.29 bits per heavy atom. The molecule has 2 aromatic rings. The molecule has 1 N–H and O–H groups in total. The van der Waals surface area contributed by atoms with Gasteiger partial charge in [0.1, 0.15) is 5.82 Å². The van der Waals surface area contributed by atoms with Crippen LogP contribution in [0.5, 0.6) is 0 Å². The molecule has 0 unspecified atom stereocenters. The van der Waals surface area contributed by atoms with Crippen LogP contribution in [0.25, 0.3) is 11.0 Å². The predicted octanol–water partition coefficient (Wildman–Crippen LogP) is 2.06.